The topological polar surface area (TPSA) is 59.2 Å². The Morgan fingerprint density at radius 3 is 2.74 bits per heavy atom. The summed E-state index contributed by atoms with van der Waals surface area (Å²) in [6.07, 6.45) is 1.73. The number of hydrogen-bond donors (Lipinski definition) is 1. The molecular weight excluding hydrogens is 287 g/mol. The van der Waals surface area contributed by atoms with E-state index in [1.54, 1.807) is 12.1 Å². The highest BCUT2D eigenvalue weighted by molar-refractivity contribution is 6.42. The molecule has 1 aliphatic carbocycles. The average molecular weight is 299 g/mol. The highest BCUT2D eigenvalue weighted by atomic mass is 35.5. The number of aliphatic hydroxyl groups excluding tert-OH is 1. The molecule has 3 rings (SSSR count). The molecule has 0 saturated heterocycles. The molecule has 1 fully saturated rings. The molecule has 0 atom stereocenters. The molecule has 1 heterocycles. The normalized spacial score (nSPS) is 22.3. The smallest absolute Gasteiger partial charge is 0.229 e. The summed E-state index contributed by atoms with van der Waals surface area (Å²) in [6.45, 7) is 0. The third-order valence-electron chi connectivity index (χ3n) is 3.29. The van der Waals surface area contributed by atoms with Crippen molar-refractivity contribution in [1.82, 2.24) is 10.1 Å². The number of nitrogens with zero attached hydrogens (tertiary/aromatic N) is 2. The summed E-state index contributed by atoms with van der Waals surface area (Å²) < 4.78 is 5.21. The molecule has 1 aromatic carbocycles. The Bertz CT molecular complexity index is 594. The molecule has 4 nitrogen and oxygen atoms in total. The van der Waals surface area contributed by atoms with Crippen LogP contribution in [-0.2, 0) is 6.42 Å². The van der Waals surface area contributed by atoms with Crippen LogP contribution in [0, 0.1) is 0 Å². The van der Waals surface area contributed by atoms with Gasteiger partial charge in [-0.15, -0.1) is 0 Å². The number of halogens is 2. The molecule has 0 aliphatic heterocycles. The van der Waals surface area contributed by atoms with Crippen LogP contribution in [0.15, 0.2) is 22.7 Å². The van der Waals surface area contributed by atoms with E-state index < -0.39 is 0 Å². The Hall–Kier alpha value is -1.10. The molecule has 1 N–H and O–H groups in total. The van der Waals surface area contributed by atoms with E-state index in [0.29, 0.717) is 41.0 Å². The molecule has 1 aliphatic rings. The Labute approximate surface area is 120 Å². The summed E-state index contributed by atoms with van der Waals surface area (Å²) in [6, 6.07) is 5.44. The SMILES string of the molecule is OC1CC(c2nc(Cc3ccc(Cl)c(Cl)c3)no2)C1. The number of aliphatic hydroxyl groups is 1. The van der Waals surface area contributed by atoms with Crippen molar-refractivity contribution in [2.24, 2.45) is 0 Å². The van der Waals surface area contributed by atoms with E-state index in [9.17, 15) is 5.11 Å². The molecule has 0 spiro atoms. The van der Waals surface area contributed by atoms with Gasteiger partial charge in [-0.3, -0.25) is 0 Å². The summed E-state index contributed by atoms with van der Waals surface area (Å²) in [5.41, 5.74) is 0.982. The van der Waals surface area contributed by atoms with E-state index in [4.69, 9.17) is 27.7 Å². The van der Waals surface area contributed by atoms with Gasteiger partial charge in [0.05, 0.1) is 16.1 Å². The second-order valence-electron chi connectivity index (χ2n) is 4.80. The fraction of sp³-hybridized carbons (Fsp3) is 0.385. The second kappa shape index (κ2) is 5.12. The highest BCUT2D eigenvalue weighted by Gasteiger charge is 2.32. The molecule has 6 heteroatoms. The van der Waals surface area contributed by atoms with Gasteiger partial charge in [-0.2, -0.15) is 4.98 Å². The van der Waals surface area contributed by atoms with Gasteiger partial charge >= 0.3 is 0 Å². The molecule has 19 heavy (non-hydrogen) atoms. The Morgan fingerprint density at radius 1 is 1.26 bits per heavy atom. The minimum Gasteiger partial charge on any atom is -0.393 e. The minimum atomic E-state index is -0.226. The zero-order chi connectivity index (χ0) is 13.4. The van der Waals surface area contributed by atoms with E-state index in [2.05, 4.69) is 10.1 Å². The lowest BCUT2D eigenvalue weighted by molar-refractivity contribution is 0.0625. The van der Waals surface area contributed by atoms with Crippen molar-refractivity contribution in [3.63, 3.8) is 0 Å². The molecule has 0 unspecified atom stereocenters. The molecule has 100 valence electrons. The van der Waals surface area contributed by atoms with Crippen LogP contribution < -0.4 is 0 Å². The standard InChI is InChI=1S/C13H12Cl2N2O2/c14-10-2-1-7(3-11(10)15)4-12-16-13(19-17-12)8-5-9(18)6-8/h1-3,8-9,18H,4-6H2. The molecule has 0 radical (unpaired) electrons. The van der Waals surface area contributed by atoms with Crippen molar-refractivity contribution >= 4 is 23.2 Å². The van der Waals surface area contributed by atoms with Gasteiger partial charge in [0.1, 0.15) is 0 Å². The van der Waals surface area contributed by atoms with Crippen molar-refractivity contribution < 1.29 is 9.63 Å². The van der Waals surface area contributed by atoms with Crippen molar-refractivity contribution in [3.05, 3.63) is 45.5 Å². The third-order valence-corrected chi connectivity index (χ3v) is 4.03. The largest absolute Gasteiger partial charge is 0.393 e. The molecule has 1 saturated carbocycles. The fourth-order valence-electron chi connectivity index (χ4n) is 2.13. The lowest BCUT2D eigenvalue weighted by Crippen LogP contribution is -2.26. The van der Waals surface area contributed by atoms with E-state index in [1.165, 1.54) is 0 Å². The van der Waals surface area contributed by atoms with E-state index >= 15 is 0 Å². The summed E-state index contributed by atoms with van der Waals surface area (Å²) >= 11 is 11.8. The van der Waals surface area contributed by atoms with Gasteiger partial charge in [-0.05, 0) is 30.5 Å². The highest BCUT2D eigenvalue weighted by Crippen LogP contribution is 2.35. The van der Waals surface area contributed by atoms with Crippen molar-refractivity contribution in [2.45, 2.75) is 31.3 Å². The second-order valence-corrected chi connectivity index (χ2v) is 5.61. The predicted octanol–water partition coefficient (Wildman–Crippen LogP) is 3.21. The average Bonchev–Trinajstić information content (AvgIpc) is 2.78. The molecule has 2 aromatic rings. The van der Waals surface area contributed by atoms with Gasteiger partial charge in [-0.25, -0.2) is 0 Å². The fourth-order valence-corrected chi connectivity index (χ4v) is 2.45. The summed E-state index contributed by atoms with van der Waals surface area (Å²) in [5, 5.41) is 14.3. The number of rotatable bonds is 3. The van der Waals surface area contributed by atoms with E-state index in [-0.39, 0.29) is 12.0 Å². The minimum absolute atomic E-state index is 0.199. The van der Waals surface area contributed by atoms with Gasteiger partial charge < -0.3 is 9.63 Å². The summed E-state index contributed by atoms with van der Waals surface area (Å²) in [5.74, 6) is 1.43. The zero-order valence-electron chi connectivity index (χ0n) is 10.0. The summed E-state index contributed by atoms with van der Waals surface area (Å²) in [4.78, 5) is 4.35. The van der Waals surface area contributed by atoms with Crippen molar-refractivity contribution in [2.75, 3.05) is 0 Å². The van der Waals surface area contributed by atoms with Gasteiger partial charge in [0.15, 0.2) is 5.82 Å². The first-order valence-corrected chi connectivity index (χ1v) is 6.82. The van der Waals surface area contributed by atoms with Gasteiger partial charge in [0.2, 0.25) is 5.89 Å². The van der Waals surface area contributed by atoms with Gasteiger partial charge in [0.25, 0.3) is 0 Å². The van der Waals surface area contributed by atoms with Crippen LogP contribution in [0.25, 0.3) is 0 Å². The van der Waals surface area contributed by atoms with Gasteiger partial charge in [-0.1, -0.05) is 34.4 Å². The number of aromatic nitrogens is 2. The van der Waals surface area contributed by atoms with Crippen molar-refractivity contribution in [1.29, 1.82) is 0 Å². The maximum absolute atomic E-state index is 9.26. The first-order valence-electron chi connectivity index (χ1n) is 6.06. The molecule has 0 amide bonds. The van der Waals surface area contributed by atoms with Gasteiger partial charge in [0, 0.05) is 12.3 Å². The Kier molecular flexibility index (Phi) is 3.48. The first kappa shape index (κ1) is 12.9. The quantitative estimate of drug-likeness (QED) is 0.945. The van der Waals surface area contributed by atoms with Crippen LogP contribution in [-0.4, -0.2) is 21.4 Å². The van der Waals surface area contributed by atoms with Crippen LogP contribution in [0.3, 0.4) is 0 Å². The monoisotopic (exact) mass is 298 g/mol. The van der Waals surface area contributed by atoms with Crippen LogP contribution in [0.5, 0.6) is 0 Å². The van der Waals surface area contributed by atoms with E-state index in [1.807, 2.05) is 6.07 Å². The van der Waals surface area contributed by atoms with Crippen molar-refractivity contribution in [3.8, 4) is 0 Å². The Morgan fingerprint density at radius 2 is 2.05 bits per heavy atom. The maximum Gasteiger partial charge on any atom is 0.229 e. The Balaban J connectivity index is 1.71. The first-order chi connectivity index (χ1) is 9.11. The zero-order valence-corrected chi connectivity index (χ0v) is 11.5. The maximum atomic E-state index is 9.26. The van der Waals surface area contributed by atoms with Crippen LogP contribution in [0.2, 0.25) is 10.0 Å². The molecular formula is C13H12Cl2N2O2. The van der Waals surface area contributed by atoms with Crippen LogP contribution >= 0.6 is 23.2 Å². The summed E-state index contributed by atoms with van der Waals surface area (Å²) in [7, 11) is 0. The van der Waals surface area contributed by atoms with E-state index in [0.717, 1.165) is 5.56 Å². The number of benzene rings is 1. The number of hydrogen-bond acceptors (Lipinski definition) is 4. The molecule has 1 aromatic heterocycles. The lowest BCUT2D eigenvalue weighted by Gasteiger charge is -2.27. The molecule has 0 bridgehead atoms. The van der Waals surface area contributed by atoms with Crippen LogP contribution in [0.4, 0.5) is 0 Å². The lowest BCUT2D eigenvalue weighted by atomic mass is 9.82. The predicted molar refractivity (Wildman–Crippen MR) is 71.5 cm³/mol. The van der Waals surface area contributed by atoms with Crippen LogP contribution in [0.1, 0.15) is 36.0 Å². The third kappa shape index (κ3) is 2.76.